The maximum atomic E-state index is 13.7. The predicted molar refractivity (Wildman–Crippen MR) is 101 cm³/mol. The molecule has 2 aromatic carbocycles. The average Bonchev–Trinajstić information content (AvgIpc) is 3.12. The first kappa shape index (κ1) is 19.5. The summed E-state index contributed by atoms with van der Waals surface area (Å²) in [7, 11) is 0. The second-order valence-electron chi connectivity index (χ2n) is 6.28. The fourth-order valence-corrected chi connectivity index (χ4v) is 3.11. The number of halogens is 1. The first-order valence-corrected chi connectivity index (χ1v) is 9.00. The van der Waals surface area contributed by atoms with Crippen molar-refractivity contribution in [3.05, 3.63) is 65.5 Å². The lowest BCUT2D eigenvalue weighted by Gasteiger charge is -2.20. The van der Waals surface area contributed by atoms with Crippen LogP contribution in [0.2, 0.25) is 0 Å². The first-order chi connectivity index (χ1) is 13.5. The van der Waals surface area contributed by atoms with Gasteiger partial charge in [0.2, 0.25) is 5.91 Å². The molecule has 0 aliphatic carbocycles. The maximum Gasteiger partial charge on any atom is 0.344 e. The molecule has 2 aromatic rings. The fraction of sp³-hybridized carbons (Fsp3) is 0.286. The number of hydrogen-bond donors (Lipinski definition) is 0. The molecule has 0 fully saturated rings. The van der Waals surface area contributed by atoms with Crippen molar-refractivity contribution in [2.45, 2.75) is 26.3 Å². The number of nitrogens with zero attached hydrogens (tertiary/aromatic N) is 2. The molecule has 0 bridgehead atoms. The van der Waals surface area contributed by atoms with Crippen LogP contribution in [0, 0.1) is 5.82 Å². The highest BCUT2D eigenvalue weighted by atomic mass is 19.1. The second-order valence-corrected chi connectivity index (χ2v) is 6.28. The SMILES string of the molecule is CCOC(=O)COc1ccccc1C1=NN(C(C)=O)C(c2cccc(F)c2)C1. The molecule has 3 rings (SSSR count). The van der Waals surface area contributed by atoms with Gasteiger partial charge in [-0.25, -0.2) is 14.2 Å². The summed E-state index contributed by atoms with van der Waals surface area (Å²) in [6.07, 6.45) is 0.406. The Bertz CT molecular complexity index is 913. The summed E-state index contributed by atoms with van der Waals surface area (Å²) in [6.45, 7) is 3.20. The van der Waals surface area contributed by atoms with Gasteiger partial charge >= 0.3 is 5.97 Å². The Morgan fingerprint density at radius 3 is 2.71 bits per heavy atom. The van der Waals surface area contributed by atoms with E-state index in [2.05, 4.69) is 5.10 Å². The van der Waals surface area contributed by atoms with Crippen LogP contribution >= 0.6 is 0 Å². The third-order valence-electron chi connectivity index (χ3n) is 4.32. The van der Waals surface area contributed by atoms with Gasteiger partial charge < -0.3 is 9.47 Å². The minimum absolute atomic E-state index is 0.220. The van der Waals surface area contributed by atoms with Crippen molar-refractivity contribution in [3.63, 3.8) is 0 Å². The van der Waals surface area contributed by atoms with Gasteiger partial charge in [-0.2, -0.15) is 5.10 Å². The minimum Gasteiger partial charge on any atom is -0.481 e. The van der Waals surface area contributed by atoms with Crippen molar-refractivity contribution >= 4 is 17.6 Å². The van der Waals surface area contributed by atoms with Crippen molar-refractivity contribution in [1.29, 1.82) is 0 Å². The zero-order valence-electron chi connectivity index (χ0n) is 15.7. The normalized spacial score (nSPS) is 15.9. The van der Waals surface area contributed by atoms with Crippen molar-refractivity contribution in [2.75, 3.05) is 13.2 Å². The highest BCUT2D eigenvalue weighted by Gasteiger charge is 2.32. The summed E-state index contributed by atoms with van der Waals surface area (Å²) in [4.78, 5) is 23.7. The number of esters is 1. The van der Waals surface area contributed by atoms with E-state index in [1.165, 1.54) is 24.1 Å². The summed E-state index contributed by atoms with van der Waals surface area (Å²) in [5.74, 6) is -0.604. The molecule has 1 aliphatic heterocycles. The topological polar surface area (TPSA) is 68.2 Å². The summed E-state index contributed by atoms with van der Waals surface area (Å²) in [6, 6.07) is 12.9. The Hall–Kier alpha value is -3.22. The summed E-state index contributed by atoms with van der Waals surface area (Å²) in [5.41, 5.74) is 1.97. The molecular weight excluding hydrogens is 363 g/mol. The summed E-state index contributed by atoms with van der Waals surface area (Å²) < 4.78 is 24.1. The lowest BCUT2D eigenvalue weighted by molar-refractivity contribution is -0.145. The molecule has 1 unspecified atom stereocenters. The van der Waals surface area contributed by atoms with Crippen LogP contribution in [0.4, 0.5) is 4.39 Å². The number of hydrogen-bond acceptors (Lipinski definition) is 5. The number of para-hydroxylation sites is 1. The van der Waals surface area contributed by atoms with Gasteiger partial charge in [-0.1, -0.05) is 24.3 Å². The van der Waals surface area contributed by atoms with Gasteiger partial charge in [0.1, 0.15) is 11.6 Å². The van der Waals surface area contributed by atoms with E-state index in [-0.39, 0.29) is 24.9 Å². The molecule has 1 atom stereocenters. The van der Waals surface area contributed by atoms with E-state index in [4.69, 9.17) is 9.47 Å². The zero-order valence-corrected chi connectivity index (χ0v) is 15.7. The standard InChI is InChI=1S/C21H21FN2O4/c1-3-27-21(26)13-28-20-10-5-4-9-17(20)18-12-19(24(23-18)14(2)25)15-7-6-8-16(22)11-15/h4-11,19H,3,12-13H2,1-2H3. The van der Waals surface area contributed by atoms with E-state index < -0.39 is 12.0 Å². The number of amides is 1. The minimum atomic E-state index is -0.464. The van der Waals surface area contributed by atoms with Crippen molar-refractivity contribution in [3.8, 4) is 5.75 Å². The van der Waals surface area contributed by atoms with Crippen LogP contribution in [0.5, 0.6) is 5.75 Å². The molecule has 0 saturated heterocycles. The highest BCUT2D eigenvalue weighted by Crippen LogP contribution is 2.35. The Morgan fingerprint density at radius 2 is 2.00 bits per heavy atom. The molecular formula is C21H21FN2O4. The van der Waals surface area contributed by atoms with E-state index in [0.717, 1.165) is 0 Å². The molecule has 1 amide bonds. The molecule has 0 radical (unpaired) electrons. The van der Waals surface area contributed by atoms with Crippen LogP contribution in [0.3, 0.4) is 0 Å². The van der Waals surface area contributed by atoms with Crippen molar-refractivity contribution in [1.82, 2.24) is 5.01 Å². The van der Waals surface area contributed by atoms with Crippen LogP contribution in [-0.4, -0.2) is 35.8 Å². The Labute approximate surface area is 162 Å². The van der Waals surface area contributed by atoms with Crippen LogP contribution in [0.1, 0.15) is 37.4 Å². The van der Waals surface area contributed by atoms with E-state index in [9.17, 15) is 14.0 Å². The van der Waals surface area contributed by atoms with Crippen LogP contribution in [0.15, 0.2) is 53.6 Å². The molecule has 146 valence electrons. The van der Waals surface area contributed by atoms with Gasteiger partial charge in [-0.15, -0.1) is 0 Å². The van der Waals surface area contributed by atoms with Gasteiger partial charge in [-0.3, -0.25) is 4.79 Å². The molecule has 6 nitrogen and oxygen atoms in total. The monoisotopic (exact) mass is 384 g/mol. The Kier molecular flexibility index (Phi) is 6.03. The van der Waals surface area contributed by atoms with Crippen molar-refractivity contribution in [2.24, 2.45) is 5.10 Å². The quantitative estimate of drug-likeness (QED) is 0.716. The largest absolute Gasteiger partial charge is 0.481 e. The molecule has 1 aliphatic rings. The number of ether oxygens (including phenoxy) is 2. The summed E-state index contributed by atoms with van der Waals surface area (Å²) in [5, 5.41) is 5.80. The molecule has 7 heteroatoms. The predicted octanol–water partition coefficient (Wildman–Crippen LogP) is 3.47. The van der Waals surface area contributed by atoms with Crippen LogP contribution in [-0.2, 0) is 14.3 Å². The lowest BCUT2D eigenvalue weighted by atomic mass is 9.98. The van der Waals surface area contributed by atoms with E-state index >= 15 is 0 Å². The number of rotatable bonds is 6. The maximum absolute atomic E-state index is 13.7. The first-order valence-electron chi connectivity index (χ1n) is 9.00. The van der Waals surface area contributed by atoms with Crippen LogP contribution < -0.4 is 4.74 Å². The molecule has 0 N–H and O–H groups in total. The van der Waals surface area contributed by atoms with E-state index in [1.807, 2.05) is 12.1 Å². The Morgan fingerprint density at radius 1 is 1.21 bits per heavy atom. The number of hydrazone groups is 1. The number of carbonyl (C=O) groups excluding carboxylic acids is 2. The number of carbonyl (C=O) groups is 2. The fourth-order valence-electron chi connectivity index (χ4n) is 3.11. The van der Waals surface area contributed by atoms with Crippen molar-refractivity contribution < 1.29 is 23.5 Å². The van der Waals surface area contributed by atoms with Gasteiger partial charge in [0, 0.05) is 18.9 Å². The van der Waals surface area contributed by atoms with Gasteiger partial charge in [0.05, 0.1) is 18.4 Å². The summed E-state index contributed by atoms with van der Waals surface area (Å²) >= 11 is 0. The highest BCUT2D eigenvalue weighted by molar-refractivity contribution is 6.05. The van der Waals surface area contributed by atoms with E-state index in [0.29, 0.717) is 29.0 Å². The molecule has 0 saturated carbocycles. The molecule has 0 spiro atoms. The third kappa shape index (κ3) is 4.36. The van der Waals surface area contributed by atoms with E-state index in [1.54, 1.807) is 31.2 Å². The second kappa shape index (κ2) is 8.65. The van der Waals surface area contributed by atoms with Gasteiger partial charge in [0.15, 0.2) is 6.61 Å². The third-order valence-corrected chi connectivity index (χ3v) is 4.32. The molecule has 28 heavy (non-hydrogen) atoms. The zero-order chi connectivity index (χ0) is 20.1. The van der Waals surface area contributed by atoms with Gasteiger partial charge in [0.25, 0.3) is 0 Å². The molecule has 1 heterocycles. The Balaban J connectivity index is 1.86. The lowest BCUT2D eigenvalue weighted by Crippen LogP contribution is -2.24. The number of benzene rings is 2. The van der Waals surface area contributed by atoms with Gasteiger partial charge in [-0.05, 0) is 36.8 Å². The average molecular weight is 384 g/mol. The molecule has 0 aromatic heterocycles. The van der Waals surface area contributed by atoms with Crippen LogP contribution in [0.25, 0.3) is 0 Å². The smallest absolute Gasteiger partial charge is 0.344 e.